The Morgan fingerprint density at radius 3 is 2.55 bits per heavy atom. The molecule has 0 fully saturated rings. The SMILES string of the molecule is Fc1ccc(-n2c([S-])nnc2-c2ccncc2)cc1Cl. The molecule has 4 nitrogen and oxygen atoms in total. The molecule has 0 N–H and O–H groups in total. The van der Waals surface area contributed by atoms with Gasteiger partial charge in [-0.3, -0.25) is 9.55 Å². The minimum Gasteiger partial charge on any atom is -0.740 e. The molecule has 0 amide bonds. The molecular weight excluding hydrogens is 299 g/mol. The largest absolute Gasteiger partial charge is 0.740 e. The van der Waals surface area contributed by atoms with Gasteiger partial charge in [-0.25, -0.2) is 4.39 Å². The maximum Gasteiger partial charge on any atom is 0.167 e. The van der Waals surface area contributed by atoms with E-state index in [1.165, 1.54) is 12.1 Å². The maximum absolute atomic E-state index is 13.3. The van der Waals surface area contributed by atoms with Crippen molar-refractivity contribution in [2.75, 3.05) is 0 Å². The number of nitrogens with zero attached hydrogens (tertiary/aromatic N) is 4. The Labute approximate surface area is 124 Å². The van der Waals surface area contributed by atoms with Gasteiger partial charge in [-0.05, 0) is 30.3 Å². The monoisotopic (exact) mass is 305 g/mol. The van der Waals surface area contributed by atoms with Gasteiger partial charge in [-0.1, -0.05) is 11.6 Å². The number of benzene rings is 1. The van der Waals surface area contributed by atoms with Crippen LogP contribution in [0.1, 0.15) is 0 Å². The van der Waals surface area contributed by atoms with Crippen molar-refractivity contribution in [1.82, 2.24) is 19.7 Å². The molecule has 3 aromatic rings. The van der Waals surface area contributed by atoms with Crippen LogP contribution in [0.25, 0.3) is 17.1 Å². The minimum atomic E-state index is -0.486. The van der Waals surface area contributed by atoms with Gasteiger partial charge in [-0.2, -0.15) is 5.10 Å². The Hall–Kier alpha value is -2.05. The van der Waals surface area contributed by atoms with Crippen molar-refractivity contribution >= 4 is 24.2 Å². The van der Waals surface area contributed by atoms with E-state index in [1.807, 2.05) is 0 Å². The van der Waals surface area contributed by atoms with E-state index in [1.54, 1.807) is 35.2 Å². The zero-order chi connectivity index (χ0) is 14.1. The van der Waals surface area contributed by atoms with Crippen LogP contribution in [0.5, 0.6) is 0 Å². The third kappa shape index (κ3) is 2.23. The zero-order valence-corrected chi connectivity index (χ0v) is 11.6. The minimum absolute atomic E-state index is 0.0197. The third-order valence-corrected chi connectivity index (χ3v) is 3.29. The molecule has 0 aliphatic carbocycles. The first-order valence-electron chi connectivity index (χ1n) is 5.65. The second kappa shape index (κ2) is 5.15. The Balaban J connectivity index is 2.19. The van der Waals surface area contributed by atoms with Crippen molar-refractivity contribution in [2.24, 2.45) is 0 Å². The fourth-order valence-corrected chi connectivity index (χ4v) is 2.22. The smallest absolute Gasteiger partial charge is 0.167 e. The van der Waals surface area contributed by atoms with Gasteiger partial charge in [0.2, 0.25) is 0 Å². The lowest BCUT2D eigenvalue weighted by Crippen LogP contribution is -2.00. The highest BCUT2D eigenvalue weighted by Gasteiger charge is 2.11. The molecule has 0 radical (unpaired) electrons. The molecule has 7 heteroatoms. The van der Waals surface area contributed by atoms with Gasteiger partial charge >= 0.3 is 0 Å². The van der Waals surface area contributed by atoms with Crippen LogP contribution in [-0.2, 0) is 12.6 Å². The third-order valence-electron chi connectivity index (χ3n) is 2.73. The predicted octanol–water partition coefficient (Wildman–Crippen LogP) is 3.03. The molecular formula is C13H7ClFN4S-. The molecule has 1 aromatic carbocycles. The Kier molecular flexibility index (Phi) is 3.33. The second-order valence-electron chi connectivity index (χ2n) is 3.98. The van der Waals surface area contributed by atoms with E-state index < -0.39 is 5.82 Å². The van der Waals surface area contributed by atoms with Crippen LogP contribution in [0, 0.1) is 5.82 Å². The molecule has 2 heterocycles. The summed E-state index contributed by atoms with van der Waals surface area (Å²) in [5.74, 6) is 0.0694. The van der Waals surface area contributed by atoms with Gasteiger partial charge < -0.3 is 12.6 Å². The Bertz CT molecular complexity index is 760. The summed E-state index contributed by atoms with van der Waals surface area (Å²) in [6.07, 6.45) is 3.30. The first-order valence-corrected chi connectivity index (χ1v) is 6.43. The summed E-state index contributed by atoms with van der Waals surface area (Å²) in [6.45, 7) is 0. The molecule has 0 spiro atoms. The van der Waals surface area contributed by atoms with Gasteiger partial charge in [0.05, 0.1) is 5.02 Å². The summed E-state index contributed by atoms with van der Waals surface area (Å²) in [5.41, 5.74) is 1.42. The van der Waals surface area contributed by atoms with Gasteiger partial charge in [0.1, 0.15) is 5.82 Å². The highest BCUT2D eigenvalue weighted by Crippen LogP contribution is 2.25. The number of aromatic nitrogens is 4. The second-order valence-corrected chi connectivity index (χ2v) is 4.75. The van der Waals surface area contributed by atoms with E-state index in [-0.39, 0.29) is 10.2 Å². The van der Waals surface area contributed by atoms with Gasteiger partial charge in [0.15, 0.2) is 5.82 Å². The van der Waals surface area contributed by atoms with E-state index >= 15 is 0 Å². The molecule has 0 atom stereocenters. The van der Waals surface area contributed by atoms with Crippen molar-refractivity contribution < 1.29 is 4.39 Å². The zero-order valence-electron chi connectivity index (χ0n) is 9.99. The predicted molar refractivity (Wildman–Crippen MR) is 75.2 cm³/mol. The Morgan fingerprint density at radius 2 is 1.85 bits per heavy atom. The first-order chi connectivity index (χ1) is 9.66. The highest BCUT2D eigenvalue weighted by atomic mass is 35.5. The van der Waals surface area contributed by atoms with Crippen LogP contribution in [0.15, 0.2) is 47.9 Å². The van der Waals surface area contributed by atoms with E-state index in [0.29, 0.717) is 11.5 Å². The summed E-state index contributed by atoms with van der Waals surface area (Å²) < 4.78 is 14.9. The quantitative estimate of drug-likeness (QED) is 0.683. The van der Waals surface area contributed by atoms with E-state index in [0.717, 1.165) is 5.56 Å². The van der Waals surface area contributed by atoms with E-state index in [2.05, 4.69) is 15.2 Å². The van der Waals surface area contributed by atoms with Crippen molar-refractivity contribution in [2.45, 2.75) is 5.16 Å². The summed E-state index contributed by atoms with van der Waals surface area (Å²) in [5, 5.41) is 8.25. The standard InChI is InChI=1S/C13H8ClFN4S/c14-10-7-9(1-2-11(10)15)19-12(17-18-13(19)20)8-3-5-16-6-4-8/h1-7H,(H,18,20)/p-1. The van der Waals surface area contributed by atoms with Gasteiger partial charge in [0, 0.05) is 28.8 Å². The number of hydrogen-bond acceptors (Lipinski definition) is 4. The molecule has 0 saturated heterocycles. The molecule has 20 heavy (non-hydrogen) atoms. The molecule has 0 aliphatic heterocycles. The normalized spacial score (nSPS) is 10.7. The van der Waals surface area contributed by atoms with Crippen LogP contribution in [0.3, 0.4) is 0 Å². The van der Waals surface area contributed by atoms with Crippen molar-refractivity contribution in [1.29, 1.82) is 0 Å². The average molecular weight is 306 g/mol. The fraction of sp³-hybridized carbons (Fsp3) is 0. The topological polar surface area (TPSA) is 43.6 Å². The average Bonchev–Trinajstić information content (AvgIpc) is 2.85. The number of halogens is 2. The lowest BCUT2D eigenvalue weighted by Gasteiger charge is -2.13. The lowest BCUT2D eigenvalue weighted by atomic mass is 10.2. The summed E-state index contributed by atoms with van der Waals surface area (Å²) in [6, 6.07) is 7.93. The molecule has 0 aliphatic rings. The number of hydrogen-bond donors (Lipinski definition) is 0. The van der Waals surface area contributed by atoms with E-state index in [4.69, 9.17) is 24.2 Å². The molecule has 3 rings (SSSR count). The highest BCUT2D eigenvalue weighted by molar-refractivity contribution is 7.58. The summed E-state index contributed by atoms with van der Waals surface area (Å²) >= 11 is 11.0. The summed E-state index contributed by atoms with van der Waals surface area (Å²) in [7, 11) is 0. The molecule has 0 bridgehead atoms. The lowest BCUT2D eigenvalue weighted by molar-refractivity contribution is 0.627. The van der Waals surface area contributed by atoms with Crippen LogP contribution in [-0.4, -0.2) is 19.7 Å². The molecule has 0 saturated carbocycles. The van der Waals surface area contributed by atoms with Crippen LogP contribution in [0.2, 0.25) is 5.02 Å². The van der Waals surface area contributed by atoms with Crippen LogP contribution < -0.4 is 0 Å². The number of rotatable bonds is 2. The van der Waals surface area contributed by atoms with Crippen LogP contribution in [0.4, 0.5) is 4.39 Å². The van der Waals surface area contributed by atoms with Gasteiger partial charge in [0.25, 0.3) is 0 Å². The van der Waals surface area contributed by atoms with Gasteiger partial charge in [-0.15, -0.1) is 5.10 Å². The molecule has 0 unspecified atom stereocenters. The molecule has 100 valence electrons. The fourth-order valence-electron chi connectivity index (χ4n) is 1.81. The number of pyridine rings is 1. The first kappa shape index (κ1) is 13.0. The van der Waals surface area contributed by atoms with Crippen molar-refractivity contribution in [3.63, 3.8) is 0 Å². The van der Waals surface area contributed by atoms with E-state index in [9.17, 15) is 4.39 Å². The maximum atomic E-state index is 13.3. The van der Waals surface area contributed by atoms with Crippen molar-refractivity contribution in [3.8, 4) is 17.1 Å². The summed E-state index contributed by atoms with van der Waals surface area (Å²) in [4.78, 5) is 3.95. The Morgan fingerprint density at radius 1 is 1.10 bits per heavy atom. The molecule has 2 aromatic heterocycles. The van der Waals surface area contributed by atoms with Crippen LogP contribution >= 0.6 is 11.6 Å². The van der Waals surface area contributed by atoms with Crippen molar-refractivity contribution in [3.05, 3.63) is 53.6 Å².